The van der Waals surface area contributed by atoms with Gasteiger partial charge in [-0.1, -0.05) is 76.5 Å². The predicted molar refractivity (Wildman–Crippen MR) is 73.5 cm³/mol. The van der Waals surface area contributed by atoms with E-state index in [1.165, 1.54) is 43.2 Å². The highest BCUT2D eigenvalue weighted by atomic mass is 14.1. The van der Waals surface area contributed by atoms with Crippen LogP contribution in [0.25, 0.3) is 6.08 Å². The molecule has 0 aliphatic carbocycles. The highest BCUT2D eigenvalue weighted by molar-refractivity contribution is 5.51. The molecule has 0 spiro atoms. The Morgan fingerprint density at radius 1 is 1.25 bits per heavy atom. The van der Waals surface area contributed by atoms with E-state index in [1.807, 2.05) is 6.08 Å². The number of hydrogen-bond donors (Lipinski definition) is 0. The van der Waals surface area contributed by atoms with Crippen molar-refractivity contribution in [1.82, 2.24) is 0 Å². The van der Waals surface area contributed by atoms with Crippen molar-refractivity contribution >= 4 is 6.08 Å². The molecule has 16 heavy (non-hydrogen) atoms. The Labute approximate surface area is 100 Å². The molecule has 0 saturated carbocycles. The van der Waals surface area contributed by atoms with Gasteiger partial charge >= 0.3 is 0 Å². The maximum absolute atomic E-state index is 3.89. The van der Waals surface area contributed by atoms with Crippen LogP contribution in [0.15, 0.2) is 30.8 Å². The second-order valence-electron chi connectivity index (χ2n) is 4.52. The first-order valence-corrected chi connectivity index (χ1v) is 6.52. The average molecular weight is 216 g/mol. The summed E-state index contributed by atoms with van der Waals surface area (Å²) in [5.74, 6) is 0.834. The van der Waals surface area contributed by atoms with Crippen molar-refractivity contribution in [3.63, 3.8) is 0 Å². The maximum atomic E-state index is 3.89. The minimum absolute atomic E-state index is 0.834. The minimum atomic E-state index is 0.834. The SMILES string of the molecule is C=Cc1ccccc1CC(CC)CCCC. The zero-order valence-corrected chi connectivity index (χ0v) is 10.7. The fraction of sp³-hybridized carbons (Fsp3) is 0.500. The molecule has 0 saturated heterocycles. The lowest BCUT2D eigenvalue weighted by Crippen LogP contribution is -2.04. The van der Waals surface area contributed by atoms with Crippen molar-refractivity contribution in [3.8, 4) is 0 Å². The van der Waals surface area contributed by atoms with Crippen LogP contribution in [0.5, 0.6) is 0 Å². The Morgan fingerprint density at radius 3 is 2.62 bits per heavy atom. The van der Waals surface area contributed by atoms with Gasteiger partial charge in [0, 0.05) is 0 Å². The molecule has 0 nitrogen and oxygen atoms in total. The molecule has 1 rings (SSSR count). The van der Waals surface area contributed by atoms with Crippen molar-refractivity contribution in [2.24, 2.45) is 5.92 Å². The standard InChI is InChI=1S/C16H24/c1-4-7-10-14(5-2)13-16-12-9-8-11-15(16)6-3/h6,8-9,11-12,14H,3-5,7,10,13H2,1-2H3. The molecule has 0 aromatic heterocycles. The summed E-state index contributed by atoms with van der Waals surface area (Å²) < 4.78 is 0. The van der Waals surface area contributed by atoms with E-state index in [1.54, 1.807) is 0 Å². The minimum Gasteiger partial charge on any atom is -0.0985 e. The highest BCUT2D eigenvalue weighted by Crippen LogP contribution is 2.21. The van der Waals surface area contributed by atoms with Crippen LogP contribution in [0.1, 0.15) is 50.7 Å². The van der Waals surface area contributed by atoms with Gasteiger partial charge in [-0.3, -0.25) is 0 Å². The Morgan fingerprint density at radius 2 is 2.00 bits per heavy atom. The van der Waals surface area contributed by atoms with E-state index >= 15 is 0 Å². The van der Waals surface area contributed by atoms with Gasteiger partial charge in [0.15, 0.2) is 0 Å². The highest BCUT2D eigenvalue weighted by Gasteiger charge is 2.08. The third-order valence-electron chi connectivity index (χ3n) is 3.33. The molecule has 0 bridgehead atoms. The lowest BCUT2D eigenvalue weighted by Gasteiger charge is -2.15. The van der Waals surface area contributed by atoms with Gasteiger partial charge in [-0.25, -0.2) is 0 Å². The van der Waals surface area contributed by atoms with Crippen LogP contribution in [-0.2, 0) is 6.42 Å². The van der Waals surface area contributed by atoms with E-state index in [9.17, 15) is 0 Å². The summed E-state index contributed by atoms with van der Waals surface area (Å²) >= 11 is 0. The Bertz CT molecular complexity index is 312. The van der Waals surface area contributed by atoms with Crippen LogP contribution in [0.3, 0.4) is 0 Å². The molecular weight excluding hydrogens is 192 g/mol. The van der Waals surface area contributed by atoms with Crippen LogP contribution in [0.4, 0.5) is 0 Å². The Kier molecular flexibility index (Phi) is 5.92. The maximum Gasteiger partial charge on any atom is -0.0230 e. The van der Waals surface area contributed by atoms with Gasteiger partial charge in [-0.2, -0.15) is 0 Å². The van der Waals surface area contributed by atoms with Gasteiger partial charge in [0.2, 0.25) is 0 Å². The second-order valence-corrected chi connectivity index (χ2v) is 4.52. The molecule has 1 aromatic rings. The molecule has 1 unspecified atom stereocenters. The molecule has 0 radical (unpaired) electrons. The molecule has 1 atom stereocenters. The summed E-state index contributed by atoms with van der Waals surface area (Å²) in [5.41, 5.74) is 2.76. The first kappa shape index (κ1) is 13.0. The molecule has 0 N–H and O–H groups in total. The monoisotopic (exact) mass is 216 g/mol. The lowest BCUT2D eigenvalue weighted by molar-refractivity contribution is 0.449. The van der Waals surface area contributed by atoms with Gasteiger partial charge in [0.25, 0.3) is 0 Å². The zero-order chi connectivity index (χ0) is 11.8. The molecule has 0 fully saturated rings. The molecule has 0 aliphatic rings. The molecule has 0 heteroatoms. The van der Waals surface area contributed by atoms with Crippen molar-refractivity contribution in [3.05, 3.63) is 42.0 Å². The van der Waals surface area contributed by atoms with E-state index in [2.05, 4.69) is 44.7 Å². The second kappa shape index (κ2) is 7.27. The van der Waals surface area contributed by atoms with Crippen LogP contribution in [-0.4, -0.2) is 0 Å². The average Bonchev–Trinajstić information content (AvgIpc) is 2.34. The molecule has 1 aromatic carbocycles. The topological polar surface area (TPSA) is 0 Å². The summed E-state index contributed by atoms with van der Waals surface area (Å²) in [4.78, 5) is 0. The van der Waals surface area contributed by atoms with Gasteiger partial charge in [-0.05, 0) is 23.5 Å². The molecule has 0 aliphatic heterocycles. The third-order valence-corrected chi connectivity index (χ3v) is 3.33. The largest absolute Gasteiger partial charge is 0.0985 e. The summed E-state index contributed by atoms with van der Waals surface area (Å²) in [7, 11) is 0. The fourth-order valence-corrected chi connectivity index (χ4v) is 2.17. The van der Waals surface area contributed by atoms with Crippen LogP contribution in [0.2, 0.25) is 0 Å². The first-order valence-electron chi connectivity index (χ1n) is 6.52. The first-order chi connectivity index (χ1) is 7.81. The summed E-state index contributed by atoms with van der Waals surface area (Å²) in [6, 6.07) is 8.63. The van der Waals surface area contributed by atoms with Crippen LogP contribution >= 0.6 is 0 Å². The number of hydrogen-bond acceptors (Lipinski definition) is 0. The summed E-state index contributed by atoms with van der Waals surface area (Å²) in [5, 5.41) is 0. The Hall–Kier alpha value is -1.04. The number of rotatable bonds is 7. The van der Waals surface area contributed by atoms with E-state index in [0.717, 1.165) is 5.92 Å². The van der Waals surface area contributed by atoms with Crippen molar-refractivity contribution in [1.29, 1.82) is 0 Å². The van der Waals surface area contributed by atoms with Crippen molar-refractivity contribution in [2.45, 2.75) is 46.0 Å². The molecule has 88 valence electrons. The van der Waals surface area contributed by atoms with Crippen molar-refractivity contribution < 1.29 is 0 Å². The van der Waals surface area contributed by atoms with E-state index in [-0.39, 0.29) is 0 Å². The van der Waals surface area contributed by atoms with Crippen LogP contribution in [0, 0.1) is 5.92 Å². The smallest absolute Gasteiger partial charge is 0.0230 e. The van der Waals surface area contributed by atoms with E-state index in [4.69, 9.17) is 0 Å². The summed E-state index contributed by atoms with van der Waals surface area (Å²) in [6.45, 7) is 8.46. The van der Waals surface area contributed by atoms with Crippen LogP contribution < -0.4 is 0 Å². The molecule has 0 amide bonds. The fourth-order valence-electron chi connectivity index (χ4n) is 2.17. The van der Waals surface area contributed by atoms with Gasteiger partial charge in [0.05, 0.1) is 0 Å². The lowest BCUT2D eigenvalue weighted by atomic mass is 9.90. The number of unbranched alkanes of at least 4 members (excludes halogenated alkanes) is 1. The quantitative estimate of drug-likeness (QED) is 0.595. The zero-order valence-electron chi connectivity index (χ0n) is 10.7. The number of benzene rings is 1. The molecule has 0 heterocycles. The van der Waals surface area contributed by atoms with Gasteiger partial charge in [-0.15, -0.1) is 0 Å². The van der Waals surface area contributed by atoms with Gasteiger partial charge < -0.3 is 0 Å². The Balaban J connectivity index is 2.65. The van der Waals surface area contributed by atoms with E-state index in [0.29, 0.717) is 0 Å². The van der Waals surface area contributed by atoms with Gasteiger partial charge in [0.1, 0.15) is 0 Å². The normalized spacial score (nSPS) is 12.4. The van der Waals surface area contributed by atoms with E-state index < -0.39 is 0 Å². The van der Waals surface area contributed by atoms with Crippen molar-refractivity contribution in [2.75, 3.05) is 0 Å². The third kappa shape index (κ3) is 3.84. The summed E-state index contributed by atoms with van der Waals surface area (Å²) in [6.07, 6.45) is 8.49. The predicted octanol–water partition coefficient (Wildman–Crippen LogP) is 5.09. The molecular formula is C16H24.